The molecule has 4 aromatic rings. The Morgan fingerprint density at radius 2 is 1.67 bits per heavy atom. The van der Waals surface area contributed by atoms with Crippen LogP contribution in [0, 0.1) is 5.92 Å². The Morgan fingerprint density at radius 1 is 0.930 bits per heavy atom. The van der Waals surface area contributed by atoms with Crippen LogP contribution in [0.15, 0.2) is 67.6 Å². The minimum absolute atomic E-state index is 0.106. The molecule has 4 heterocycles. The maximum absolute atomic E-state index is 13.1. The smallest absolute Gasteiger partial charge is 0.245 e. The fraction of sp³-hybridized carbons (Fsp3) is 0.344. The zero-order chi connectivity index (χ0) is 29.9. The highest BCUT2D eigenvalue weighted by atomic mass is 16.5. The Morgan fingerprint density at radius 3 is 2.40 bits per heavy atom. The summed E-state index contributed by atoms with van der Waals surface area (Å²) in [5.74, 6) is 1.30. The molecule has 1 atom stereocenters. The van der Waals surface area contributed by atoms with Gasteiger partial charge in [-0.1, -0.05) is 6.58 Å². The lowest BCUT2D eigenvalue weighted by Gasteiger charge is -2.33. The lowest BCUT2D eigenvalue weighted by molar-refractivity contribution is -0.136. The maximum atomic E-state index is 13.1. The number of aromatic nitrogens is 4. The minimum Gasteiger partial charge on any atom is -0.497 e. The second-order valence-electron chi connectivity index (χ2n) is 10.9. The molecule has 2 aliphatic heterocycles. The molecule has 2 fully saturated rings. The van der Waals surface area contributed by atoms with Crippen LogP contribution in [-0.2, 0) is 9.59 Å². The summed E-state index contributed by atoms with van der Waals surface area (Å²) in [5, 5.41) is 8.04. The van der Waals surface area contributed by atoms with Gasteiger partial charge in [-0.05, 0) is 43.5 Å². The summed E-state index contributed by atoms with van der Waals surface area (Å²) >= 11 is 0. The van der Waals surface area contributed by atoms with Crippen molar-refractivity contribution in [2.45, 2.75) is 25.3 Å². The van der Waals surface area contributed by atoms with Gasteiger partial charge < -0.3 is 24.6 Å². The van der Waals surface area contributed by atoms with Crippen LogP contribution in [0.25, 0.3) is 22.3 Å². The number of ether oxygens (including phenoxy) is 2. The van der Waals surface area contributed by atoms with Gasteiger partial charge in [0, 0.05) is 67.5 Å². The molecule has 43 heavy (non-hydrogen) atoms. The first-order valence-electron chi connectivity index (χ1n) is 14.5. The number of benzene rings is 2. The quantitative estimate of drug-likeness (QED) is 0.304. The van der Waals surface area contributed by atoms with Gasteiger partial charge in [0.2, 0.25) is 11.8 Å². The number of likely N-dealkylation sites (tertiary alicyclic amines) is 2. The Hall–Kier alpha value is -4.93. The summed E-state index contributed by atoms with van der Waals surface area (Å²) in [4.78, 5) is 38.2. The number of piperidine rings is 1. The van der Waals surface area contributed by atoms with Gasteiger partial charge in [0.25, 0.3) is 0 Å². The normalized spacial score (nSPS) is 17.2. The Balaban J connectivity index is 1.11. The molecule has 0 unspecified atom stereocenters. The first-order valence-corrected chi connectivity index (χ1v) is 14.5. The van der Waals surface area contributed by atoms with Crippen LogP contribution < -0.4 is 14.8 Å². The number of nitrogens with zero attached hydrogens (tertiary/aromatic N) is 6. The van der Waals surface area contributed by atoms with Crippen LogP contribution in [0.1, 0.15) is 25.3 Å². The summed E-state index contributed by atoms with van der Waals surface area (Å²) in [6.07, 6.45) is 9.27. The molecule has 0 bridgehead atoms. The molecule has 0 radical (unpaired) electrons. The average Bonchev–Trinajstić information content (AvgIpc) is 3.75. The van der Waals surface area contributed by atoms with E-state index in [0.29, 0.717) is 44.1 Å². The fourth-order valence-electron chi connectivity index (χ4n) is 5.84. The molecule has 2 aromatic heterocycles. The van der Waals surface area contributed by atoms with Crippen LogP contribution in [0.5, 0.6) is 11.5 Å². The number of fused-ring (bicyclic) bond motifs is 1. The van der Waals surface area contributed by atoms with E-state index >= 15 is 0 Å². The number of hydrogen-bond acceptors (Lipinski definition) is 8. The molecule has 11 nitrogen and oxygen atoms in total. The van der Waals surface area contributed by atoms with Gasteiger partial charge in [0.15, 0.2) is 0 Å². The molecule has 2 saturated heterocycles. The van der Waals surface area contributed by atoms with Gasteiger partial charge in [-0.15, -0.1) is 0 Å². The lowest BCUT2D eigenvalue weighted by Crippen LogP contribution is -2.43. The number of methoxy groups -OCH3 is 2. The predicted molar refractivity (Wildman–Crippen MR) is 163 cm³/mol. The van der Waals surface area contributed by atoms with Crippen LogP contribution in [0.3, 0.4) is 0 Å². The third kappa shape index (κ3) is 6.01. The minimum atomic E-state index is -0.127. The van der Waals surface area contributed by atoms with E-state index in [9.17, 15) is 9.59 Å². The topological polar surface area (TPSA) is 115 Å². The highest BCUT2D eigenvalue weighted by molar-refractivity contribution is 5.88. The van der Waals surface area contributed by atoms with Crippen molar-refractivity contribution in [1.82, 2.24) is 29.5 Å². The van der Waals surface area contributed by atoms with Gasteiger partial charge >= 0.3 is 0 Å². The number of hydrogen-bond donors (Lipinski definition) is 1. The highest BCUT2D eigenvalue weighted by Crippen LogP contribution is 2.30. The van der Waals surface area contributed by atoms with Gasteiger partial charge in [-0.2, -0.15) is 5.10 Å². The van der Waals surface area contributed by atoms with Gasteiger partial charge in [0.05, 0.1) is 55.3 Å². The van der Waals surface area contributed by atoms with Crippen molar-refractivity contribution in [3.63, 3.8) is 0 Å². The SMILES string of the molecule is C=CC(=O)N1CC[C@@H](C(=O)N2CCC(n3cc(-c4cnc5ccc(Nc6cc(OC)cc(OC)c6)cc5n4)cn3)CC2)C1. The summed E-state index contributed by atoms with van der Waals surface area (Å²) in [5.41, 5.74) is 4.89. The third-order valence-corrected chi connectivity index (χ3v) is 8.25. The molecule has 222 valence electrons. The highest BCUT2D eigenvalue weighted by Gasteiger charge is 2.34. The zero-order valence-corrected chi connectivity index (χ0v) is 24.4. The summed E-state index contributed by atoms with van der Waals surface area (Å²) in [7, 11) is 3.25. The molecule has 2 aromatic carbocycles. The van der Waals surface area contributed by atoms with Crippen molar-refractivity contribution in [2.75, 3.05) is 45.7 Å². The molecule has 2 aliphatic rings. The Kier molecular flexibility index (Phi) is 7.95. The van der Waals surface area contributed by atoms with Crippen molar-refractivity contribution in [2.24, 2.45) is 5.92 Å². The summed E-state index contributed by atoms with van der Waals surface area (Å²) in [6, 6.07) is 11.7. The monoisotopic (exact) mass is 581 g/mol. The van der Waals surface area contributed by atoms with Crippen molar-refractivity contribution in [3.8, 4) is 22.8 Å². The lowest BCUT2D eigenvalue weighted by atomic mass is 10.0. The van der Waals surface area contributed by atoms with Crippen LogP contribution in [0.4, 0.5) is 11.4 Å². The molecule has 0 spiro atoms. The first kappa shape index (κ1) is 28.2. The number of carbonyl (C=O) groups is 2. The molecule has 11 heteroatoms. The number of anilines is 2. The standard InChI is InChI=1S/C32H35N7O4/c1-4-31(40)38-10-7-21(19-38)32(41)37-11-8-25(9-12-37)39-20-22(17-34-39)30-18-33-28-6-5-23(15-29(28)36-30)35-24-13-26(42-2)16-27(14-24)43-3/h4-6,13-18,20-21,25,35H,1,7-12,19H2,2-3H3/t21-/m1/s1. The summed E-state index contributed by atoms with van der Waals surface area (Å²) < 4.78 is 12.8. The molecule has 6 rings (SSSR count). The van der Waals surface area contributed by atoms with Gasteiger partial charge in [-0.3, -0.25) is 19.3 Å². The largest absolute Gasteiger partial charge is 0.497 e. The molecular weight excluding hydrogens is 546 g/mol. The third-order valence-electron chi connectivity index (χ3n) is 8.25. The second kappa shape index (κ2) is 12.1. The van der Waals surface area contributed by atoms with E-state index in [0.717, 1.165) is 46.5 Å². The fourth-order valence-corrected chi connectivity index (χ4v) is 5.84. The van der Waals surface area contributed by atoms with E-state index in [4.69, 9.17) is 14.5 Å². The molecule has 0 saturated carbocycles. The van der Waals surface area contributed by atoms with Gasteiger partial charge in [0.1, 0.15) is 11.5 Å². The number of carbonyl (C=O) groups excluding carboxylic acids is 2. The van der Waals surface area contributed by atoms with E-state index in [1.165, 1.54) is 6.08 Å². The Bertz CT molecular complexity index is 1640. The molecule has 1 N–H and O–H groups in total. The van der Waals surface area contributed by atoms with Crippen molar-refractivity contribution in [1.29, 1.82) is 0 Å². The van der Waals surface area contributed by atoms with Crippen molar-refractivity contribution in [3.05, 3.63) is 67.6 Å². The summed E-state index contributed by atoms with van der Waals surface area (Å²) in [6.45, 7) is 5.99. The van der Waals surface area contributed by atoms with E-state index in [1.807, 2.05) is 58.4 Å². The van der Waals surface area contributed by atoms with Crippen LogP contribution in [0.2, 0.25) is 0 Å². The molecule has 0 aliphatic carbocycles. The zero-order valence-electron chi connectivity index (χ0n) is 24.4. The number of rotatable bonds is 8. The van der Waals surface area contributed by atoms with Crippen molar-refractivity contribution >= 4 is 34.2 Å². The van der Waals surface area contributed by atoms with E-state index in [-0.39, 0.29) is 23.8 Å². The Labute approximate surface area is 250 Å². The first-order chi connectivity index (χ1) is 20.9. The van der Waals surface area contributed by atoms with Crippen LogP contribution >= 0.6 is 0 Å². The molecule has 2 amide bonds. The van der Waals surface area contributed by atoms with E-state index in [2.05, 4.69) is 22.0 Å². The second-order valence-corrected chi connectivity index (χ2v) is 10.9. The number of amides is 2. The van der Waals surface area contributed by atoms with Gasteiger partial charge in [-0.25, -0.2) is 4.98 Å². The predicted octanol–water partition coefficient (Wildman–Crippen LogP) is 4.45. The van der Waals surface area contributed by atoms with Crippen LogP contribution in [-0.4, -0.2) is 81.8 Å². The van der Waals surface area contributed by atoms with Crippen molar-refractivity contribution < 1.29 is 19.1 Å². The maximum Gasteiger partial charge on any atom is 0.245 e. The van der Waals surface area contributed by atoms with E-state index in [1.54, 1.807) is 25.3 Å². The molecular formula is C32H35N7O4. The number of nitrogens with one attached hydrogen (secondary N) is 1. The average molecular weight is 582 g/mol. The van der Waals surface area contributed by atoms with E-state index < -0.39 is 0 Å².